The molecule has 1 spiro atoms. The summed E-state index contributed by atoms with van der Waals surface area (Å²) in [5, 5.41) is 0. The van der Waals surface area contributed by atoms with Crippen molar-refractivity contribution in [2.24, 2.45) is 5.41 Å². The average Bonchev–Trinajstić information content (AvgIpc) is 2.07. The molecule has 15 heavy (non-hydrogen) atoms. The van der Waals surface area contributed by atoms with Crippen molar-refractivity contribution in [3.8, 4) is 0 Å². The number of nitrogens with two attached hydrogens (primary N) is 1. The minimum absolute atomic E-state index is 0.736. The van der Waals surface area contributed by atoms with Gasteiger partial charge in [-0.1, -0.05) is 18.6 Å². The molecule has 0 unspecified atom stereocenters. The van der Waals surface area contributed by atoms with Crippen LogP contribution in [-0.2, 0) is 6.54 Å². The molecular formula is C13H18N2. The van der Waals surface area contributed by atoms with Crippen LogP contribution in [0.15, 0.2) is 24.3 Å². The molecule has 1 heterocycles. The third-order valence-electron chi connectivity index (χ3n) is 3.89. The molecule has 2 nitrogen and oxygen atoms in total. The summed E-state index contributed by atoms with van der Waals surface area (Å²) in [5.74, 6) is 0. The second-order valence-corrected chi connectivity index (χ2v) is 5.24. The van der Waals surface area contributed by atoms with Crippen LogP contribution in [0.1, 0.15) is 24.8 Å². The first-order chi connectivity index (χ1) is 7.26. The van der Waals surface area contributed by atoms with E-state index in [1.807, 2.05) is 12.1 Å². The van der Waals surface area contributed by atoms with E-state index in [0.717, 1.165) is 17.6 Å². The van der Waals surface area contributed by atoms with Crippen molar-refractivity contribution < 1.29 is 0 Å². The van der Waals surface area contributed by atoms with Gasteiger partial charge in [0.05, 0.1) is 0 Å². The second kappa shape index (κ2) is 3.24. The summed E-state index contributed by atoms with van der Waals surface area (Å²) in [6, 6.07) is 8.25. The van der Waals surface area contributed by atoms with Crippen LogP contribution >= 0.6 is 0 Å². The fourth-order valence-corrected chi connectivity index (χ4v) is 2.96. The Morgan fingerprint density at radius 1 is 1.27 bits per heavy atom. The highest BCUT2D eigenvalue weighted by Crippen LogP contribution is 2.48. The number of rotatable bonds is 2. The lowest BCUT2D eigenvalue weighted by Gasteiger charge is -2.56. The zero-order valence-electron chi connectivity index (χ0n) is 9.08. The van der Waals surface area contributed by atoms with E-state index < -0.39 is 0 Å². The van der Waals surface area contributed by atoms with Crippen molar-refractivity contribution in [1.29, 1.82) is 0 Å². The van der Waals surface area contributed by atoms with Crippen molar-refractivity contribution >= 4 is 5.69 Å². The Bertz CT molecular complexity index is 361. The van der Waals surface area contributed by atoms with Crippen LogP contribution in [-0.4, -0.2) is 18.0 Å². The predicted octanol–water partition coefficient (Wildman–Crippen LogP) is 2.25. The molecule has 0 atom stereocenters. The molecule has 2 fully saturated rings. The summed E-state index contributed by atoms with van der Waals surface area (Å²) < 4.78 is 0. The van der Waals surface area contributed by atoms with E-state index in [1.54, 1.807) is 0 Å². The quantitative estimate of drug-likeness (QED) is 0.745. The molecule has 0 radical (unpaired) electrons. The molecule has 1 aliphatic heterocycles. The highest BCUT2D eigenvalue weighted by molar-refractivity contribution is 5.40. The van der Waals surface area contributed by atoms with Crippen LogP contribution in [0.2, 0.25) is 0 Å². The Morgan fingerprint density at radius 3 is 2.67 bits per heavy atom. The maximum absolute atomic E-state index is 5.77. The summed E-state index contributed by atoms with van der Waals surface area (Å²) >= 11 is 0. The van der Waals surface area contributed by atoms with E-state index in [4.69, 9.17) is 5.73 Å². The largest absolute Gasteiger partial charge is 0.399 e. The third-order valence-corrected chi connectivity index (χ3v) is 3.89. The Hall–Kier alpha value is -1.02. The number of nitrogens with zero attached hydrogens (tertiary/aromatic N) is 1. The average molecular weight is 202 g/mol. The standard InChI is InChI=1S/C13H18N2/c14-12-4-1-3-11(7-12)8-15-9-13(10-15)5-2-6-13/h1,3-4,7H,2,5-6,8-10,14H2. The van der Waals surface area contributed by atoms with Gasteiger partial charge in [0, 0.05) is 25.3 Å². The van der Waals surface area contributed by atoms with Crippen molar-refractivity contribution in [2.45, 2.75) is 25.8 Å². The SMILES string of the molecule is Nc1cccc(CN2CC3(CCC3)C2)c1. The van der Waals surface area contributed by atoms with E-state index in [2.05, 4.69) is 17.0 Å². The molecule has 2 N–H and O–H groups in total. The smallest absolute Gasteiger partial charge is 0.0317 e. The minimum atomic E-state index is 0.736. The van der Waals surface area contributed by atoms with E-state index in [0.29, 0.717) is 0 Å². The predicted molar refractivity (Wildman–Crippen MR) is 62.4 cm³/mol. The summed E-state index contributed by atoms with van der Waals surface area (Å²) in [4.78, 5) is 2.54. The molecule has 0 aromatic heterocycles. The van der Waals surface area contributed by atoms with E-state index >= 15 is 0 Å². The summed E-state index contributed by atoms with van der Waals surface area (Å²) in [5.41, 5.74) is 8.73. The number of likely N-dealkylation sites (tertiary alicyclic amines) is 1. The summed E-state index contributed by atoms with van der Waals surface area (Å²) in [6.45, 7) is 3.69. The molecule has 3 rings (SSSR count). The van der Waals surface area contributed by atoms with Gasteiger partial charge in [0.1, 0.15) is 0 Å². The summed E-state index contributed by atoms with van der Waals surface area (Å²) in [6.07, 6.45) is 4.37. The van der Waals surface area contributed by atoms with E-state index in [1.165, 1.54) is 37.9 Å². The summed E-state index contributed by atoms with van der Waals surface area (Å²) in [7, 11) is 0. The molecule has 80 valence electrons. The maximum Gasteiger partial charge on any atom is 0.0317 e. The van der Waals surface area contributed by atoms with Gasteiger partial charge in [0.15, 0.2) is 0 Å². The Balaban J connectivity index is 1.58. The number of nitrogen functional groups attached to an aromatic ring is 1. The van der Waals surface area contributed by atoms with Crippen LogP contribution in [0, 0.1) is 5.41 Å². The van der Waals surface area contributed by atoms with E-state index in [-0.39, 0.29) is 0 Å². The van der Waals surface area contributed by atoms with Crippen LogP contribution in [0.3, 0.4) is 0 Å². The normalized spacial score (nSPS) is 23.5. The van der Waals surface area contributed by atoms with Crippen LogP contribution in [0.5, 0.6) is 0 Å². The van der Waals surface area contributed by atoms with Crippen molar-refractivity contribution in [3.05, 3.63) is 29.8 Å². The van der Waals surface area contributed by atoms with Gasteiger partial charge in [-0.3, -0.25) is 4.90 Å². The van der Waals surface area contributed by atoms with Crippen LogP contribution in [0.4, 0.5) is 5.69 Å². The van der Waals surface area contributed by atoms with Crippen molar-refractivity contribution in [2.75, 3.05) is 18.8 Å². The van der Waals surface area contributed by atoms with Crippen molar-refractivity contribution in [3.63, 3.8) is 0 Å². The third kappa shape index (κ3) is 1.63. The molecule has 0 bridgehead atoms. The zero-order valence-corrected chi connectivity index (χ0v) is 9.08. The second-order valence-electron chi connectivity index (χ2n) is 5.24. The maximum atomic E-state index is 5.77. The van der Waals surface area contributed by atoms with Gasteiger partial charge in [-0.25, -0.2) is 0 Å². The lowest BCUT2D eigenvalue weighted by atomic mass is 9.63. The Kier molecular flexibility index (Phi) is 1.99. The molecule has 1 aromatic carbocycles. The van der Waals surface area contributed by atoms with Gasteiger partial charge in [-0.05, 0) is 36.0 Å². The van der Waals surface area contributed by atoms with E-state index in [9.17, 15) is 0 Å². The first-order valence-electron chi connectivity index (χ1n) is 5.83. The topological polar surface area (TPSA) is 29.3 Å². The van der Waals surface area contributed by atoms with Gasteiger partial charge in [0.25, 0.3) is 0 Å². The zero-order chi connectivity index (χ0) is 10.3. The molecule has 2 heteroatoms. The molecule has 1 aromatic rings. The molecule has 2 aliphatic rings. The molecular weight excluding hydrogens is 184 g/mol. The number of hydrogen-bond acceptors (Lipinski definition) is 2. The van der Waals surface area contributed by atoms with Gasteiger partial charge in [-0.15, -0.1) is 0 Å². The number of anilines is 1. The molecule has 1 aliphatic carbocycles. The minimum Gasteiger partial charge on any atom is -0.399 e. The monoisotopic (exact) mass is 202 g/mol. The molecule has 1 saturated heterocycles. The molecule has 1 saturated carbocycles. The van der Waals surface area contributed by atoms with Gasteiger partial charge >= 0.3 is 0 Å². The van der Waals surface area contributed by atoms with Gasteiger partial charge < -0.3 is 5.73 Å². The fourth-order valence-electron chi connectivity index (χ4n) is 2.96. The van der Waals surface area contributed by atoms with Crippen LogP contribution in [0.25, 0.3) is 0 Å². The number of hydrogen-bond donors (Lipinski definition) is 1. The van der Waals surface area contributed by atoms with Crippen LogP contribution < -0.4 is 5.73 Å². The Morgan fingerprint density at radius 2 is 2.07 bits per heavy atom. The highest BCUT2D eigenvalue weighted by atomic mass is 15.2. The van der Waals surface area contributed by atoms with Crippen molar-refractivity contribution in [1.82, 2.24) is 4.90 Å². The highest BCUT2D eigenvalue weighted by Gasteiger charge is 2.46. The van der Waals surface area contributed by atoms with Gasteiger partial charge in [0.2, 0.25) is 0 Å². The first-order valence-corrected chi connectivity index (χ1v) is 5.83. The Labute approximate surface area is 91.1 Å². The number of benzene rings is 1. The molecule has 0 amide bonds. The lowest BCUT2D eigenvalue weighted by molar-refractivity contribution is -0.0644. The lowest BCUT2D eigenvalue weighted by Crippen LogP contribution is -2.58. The first kappa shape index (κ1) is 9.22. The fraction of sp³-hybridized carbons (Fsp3) is 0.538. The van der Waals surface area contributed by atoms with Gasteiger partial charge in [-0.2, -0.15) is 0 Å².